The summed E-state index contributed by atoms with van der Waals surface area (Å²) in [6, 6.07) is 8.95. The average molecular weight is 275 g/mol. The van der Waals surface area contributed by atoms with E-state index in [0.717, 1.165) is 10.5 Å². The molecule has 1 heterocycles. The van der Waals surface area contributed by atoms with Gasteiger partial charge in [-0.3, -0.25) is 4.79 Å². The lowest BCUT2D eigenvalue weighted by molar-refractivity contribution is -0.129. The van der Waals surface area contributed by atoms with Crippen LogP contribution in [0.5, 0.6) is 0 Å². The Morgan fingerprint density at radius 2 is 1.95 bits per heavy atom. The van der Waals surface area contributed by atoms with Crippen LogP contribution >= 0.6 is 0 Å². The molecule has 1 fully saturated rings. The second kappa shape index (κ2) is 6.32. The van der Waals surface area contributed by atoms with Crippen molar-refractivity contribution >= 4 is 17.8 Å². The number of rotatable bonds is 5. The Morgan fingerprint density at radius 1 is 1.25 bits per heavy atom. The lowest BCUT2D eigenvalue weighted by Gasteiger charge is -2.19. The van der Waals surface area contributed by atoms with Gasteiger partial charge in [-0.25, -0.2) is 9.69 Å². The predicted molar refractivity (Wildman–Crippen MR) is 71.9 cm³/mol. The topological polar surface area (TPSA) is 63.7 Å². The number of cyclic esters (lactones) is 1. The Bertz CT molecular complexity index is 512. The Kier molecular flexibility index (Phi) is 4.50. The standard InChI is InChI=1S/C15H17NO4/c1-11(17)6-5-9-14(18)16-13(10-20-15(16)19)12-7-3-2-4-8-12/h2-4,7-8,13H,5-6,9-10H2,1H3/t13-/m1/s1. The summed E-state index contributed by atoms with van der Waals surface area (Å²) in [4.78, 5) is 35.9. The van der Waals surface area contributed by atoms with Crippen LogP contribution in [0.4, 0.5) is 4.79 Å². The number of Topliss-reactive ketones (excluding diaryl/α,β-unsaturated/α-hetero) is 1. The molecule has 0 aromatic heterocycles. The molecule has 0 bridgehead atoms. The molecule has 5 heteroatoms. The van der Waals surface area contributed by atoms with E-state index in [-0.39, 0.29) is 30.8 Å². The fourth-order valence-electron chi connectivity index (χ4n) is 2.23. The van der Waals surface area contributed by atoms with E-state index in [1.165, 1.54) is 6.92 Å². The van der Waals surface area contributed by atoms with Gasteiger partial charge in [0.1, 0.15) is 18.4 Å². The first-order valence-electron chi connectivity index (χ1n) is 6.63. The van der Waals surface area contributed by atoms with Gasteiger partial charge in [-0.2, -0.15) is 0 Å². The summed E-state index contributed by atoms with van der Waals surface area (Å²) < 4.78 is 4.98. The summed E-state index contributed by atoms with van der Waals surface area (Å²) in [5.74, 6) is -0.246. The van der Waals surface area contributed by atoms with Crippen molar-refractivity contribution in [3.05, 3.63) is 35.9 Å². The number of amides is 2. The quantitative estimate of drug-likeness (QED) is 0.828. The van der Waals surface area contributed by atoms with E-state index >= 15 is 0 Å². The molecular formula is C15H17NO4. The molecule has 0 radical (unpaired) electrons. The summed E-state index contributed by atoms with van der Waals surface area (Å²) in [5.41, 5.74) is 0.873. The molecular weight excluding hydrogens is 258 g/mol. The maximum Gasteiger partial charge on any atom is 0.417 e. The van der Waals surface area contributed by atoms with E-state index in [1.54, 1.807) is 0 Å². The predicted octanol–water partition coefficient (Wildman–Crippen LogP) is 2.47. The summed E-state index contributed by atoms with van der Waals surface area (Å²) in [6.45, 7) is 1.67. The minimum atomic E-state index is -0.605. The van der Waals surface area contributed by atoms with Crippen molar-refractivity contribution in [2.75, 3.05) is 6.61 Å². The largest absolute Gasteiger partial charge is 0.446 e. The van der Waals surface area contributed by atoms with E-state index in [0.29, 0.717) is 12.8 Å². The molecule has 0 saturated carbocycles. The molecule has 0 N–H and O–H groups in total. The van der Waals surface area contributed by atoms with Gasteiger partial charge in [-0.1, -0.05) is 30.3 Å². The third-order valence-electron chi connectivity index (χ3n) is 3.25. The zero-order valence-corrected chi connectivity index (χ0v) is 11.4. The fraction of sp³-hybridized carbons (Fsp3) is 0.400. The Balaban J connectivity index is 2.05. The lowest BCUT2D eigenvalue weighted by atomic mass is 10.1. The summed E-state index contributed by atoms with van der Waals surface area (Å²) in [5, 5.41) is 0. The van der Waals surface area contributed by atoms with Crippen LogP contribution in [0.1, 0.15) is 37.8 Å². The van der Waals surface area contributed by atoms with Gasteiger partial charge in [0.05, 0.1) is 0 Å². The third-order valence-corrected chi connectivity index (χ3v) is 3.25. The van der Waals surface area contributed by atoms with Gasteiger partial charge in [0.15, 0.2) is 0 Å². The van der Waals surface area contributed by atoms with E-state index < -0.39 is 6.09 Å². The van der Waals surface area contributed by atoms with Crippen molar-refractivity contribution < 1.29 is 19.1 Å². The Morgan fingerprint density at radius 3 is 2.60 bits per heavy atom. The normalized spacial score (nSPS) is 17.9. The number of hydrogen-bond donors (Lipinski definition) is 0. The fourth-order valence-corrected chi connectivity index (χ4v) is 2.23. The van der Waals surface area contributed by atoms with Crippen molar-refractivity contribution in [1.29, 1.82) is 0 Å². The summed E-state index contributed by atoms with van der Waals surface area (Å²) >= 11 is 0. The molecule has 5 nitrogen and oxygen atoms in total. The number of ether oxygens (including phenoxy) is 1. The maximum atomic E-state index is 12.1. The molecule has 1 aromatic carbocycles. The number of imide groups is 1. The van der Waals surface area contributed by atoms with Crippen molar-refractivity contribution in [2.45, 2.75) is 32.2 Å². The number of carbonyl (C=O) groups excluding carboxylic acids is 3. The van der Waals surface area contributed by atoms with Crippen molar-refractivity contribution in [3.8, 4) is 0 Å². The molecule has 2 amide bonds. The molecule has 106 valence electrons. The van der Waals surface area contributed by atoms with Crippen LogP contribution in [0.25, 0.3) is 0 Å². The minimum Gasteiger partial charge on any atom is -0.446 e. The second-order valence-electron chi connectivity index (χ2n) is 4.82. The smallest absolute Gasteiger partial charge is 0.417 e. The van der Waals surface area contributed by atoms with Crippen molar-refractivity contribution in [1.82, 2.24) is 4.90 Å². The zero-order valence-electron chi connectivity index (χ0n) is 11.4. The van der Waals surface area contributed by atoms with Crippen molar-refractivity contribution in [3.63, 3.8) is 0 Å². The first kappa shape index (κ1) is 14.2. The third kappa shape index (κ3) is 3.23. The van der Waals surface area contributed by atoms with Gasteiger partial charge < -0.3 is 9.53 Å². The number of ketones is 1. The van der Waals surface area contributed by atoms with Crippen LogP contribution in [0.15, 0.2) is 30.3 Å². The second-order valence-corrected chi connectivity index (χ2v) is 4.82. The first-order chi connectivity index (χ1) is 9.59. The Hall–Kier alpha value is -2.17. The number of nitrogens with zero attached hydrogens (tertiary/aromatic N) is 1. The van der Waals surface area contributed by atoms with Gasteiger partial charge in [0.2, 0.25) is 5.91 Å². The molecule has 1 atom stereocenters. The average Bonchev–Trinajstić information content (AvgIpc) is 2.81. The summed E-state index contributed by atoms with van der Waals surface area (Å²) in [7, 11) is 0. The molecule has 0 aliphatic carbocycles. The van der Waals surface area contributed by atoms with E-state index in [1.807, 2.05) is 30.3 Å². The van der Waals surface area contributed by atoms with E-state index in [2.05, 4.69) is 0 Å². The van der Waals surface area contributed by atoms with Crippen LogP contribution in [-0.2, 0) is 14.3 Å². The minimum absolute atomic E-state index is 0.0430. The number of carbonyl (C=O) groups is 3. The highest BCUT2D eigenvalue weighted by atomic mass is 16.6. The van der Waals surface area contributed by atoms with Crippen LogP contribution in [0.2, 0.25) is 0 Å². The number of hydrogen-bond acceptors (Lipinski definition) is 4. The van der Waals surface area contributed by atoms with Gasteiger partial charge in [-0.15, -0.1) is 0 Å². The van der Waals surface area contributed by atoms with Crippen LogP contribution in [-0.4, -0.2) is 29.3 Å². The molecule has 1 aliphatic heterocycles. The Labute approximate surface area is 117 Å². The molecule has 1 aromatic rings. The van der Waals surface area contributed by atoms with Gasteiger partial charge in [0.25, 0.3) is 0 Å². The zero-order chi connectivity index (χ0) is 14.5. The SMILES string of the molecule is CC(=O)CCCC(=O)N1C(=O)OC[C@@H]1c1ccccc1. The molecule has 1 aliphatic rings. The lowest BCUT2D eigenvalue weighted by Crippen LogP contribution is -2.34. The van der Waals surface area contributed by atoms with Gasteiger partial charge in [0, 0.05) is 12.8 Å². The van der Waals surface area contributed by atoms with Crippen LogP contribution in [0, 0.1) is 0 Å². The summed E-state index contributed by atoms with van der Waals surface area (Å²) in [6.07, 6.45) is 0.383. The molecule has 0 spiro atoms. The highest BCUT2D eigenvalue weighted by Crippen LogP contribution is 2.28. The highest BCUT2D eigenvalue weighted by Gasteiger charge is 2.38. The van der Waals surface area contributed by atoms with E-state index in [4.69, 9.17) is 4.74 Å². The molecule has 0 unspecified atom stereocenters. The molecule has 1 saturated heterocycles. The molecule has 20 heavy (non-hydrogen) atoms. The number of benzene rings is 1. The van der Waals surface area contributed by atoms with Gasteiger partial charge >= 0.3 is 6.09 Å². The maximum absolute atomic E-state index is 12.1. The van der Waals surface area contributed by atoms with Gasteiger partial charge in [-0.05, 0) is 18.9 Å². The van der Waals surface area contributed by atoms with Crippen LogP contribution in [0.3, 0.4) is 0 Å². The molecule has 2 rings (SSSR count). The van der Waals surface area contributed by atoms with Crippen LogP contribution < -0.4 is 0 Å². The monoisotopic (exact) mass is 275 g/mol. The van der Waals surface area contributed by atoms with Crippen molar-refractivity contribution in [2.24, 2.45) is 0 Å². The van der Waals surface area contributed by atoms with E-state index in [9.17, 15) is 14.4 Å². The first-order valence-corrected chi connectivity index (χ1v) is 6.63. The highest BCUT2D eigenvalue weighted by molar-refractivity contribution is 5.93.